The molecule has 4 rings (SSSR count). The number of sulfonamides is 1. The van der Waals surface area contributed by atoms with E-state index < -0.39 is 28.0 Å². The molecule has 0 unspecified atom stereocenters. The summed E-state index contributed by atoms with van der Waals surface area (Å²) in [5.41, 5.74) is 2.02. The minimum atomic E-state index is -3.42. The lowest BCUT2D eigenvalue weighted by Crippen LogP contribution is -2.19. The van der Waals surface area contributed by atoms with E-state index in [0.29, 0.717) is 35.5 Å². The second-order valence-corrected chi connectivity index (χ2v) is 9.77. The van der Waals surface area contributed by atoms with Crippen molar-refractivity contribution in [2.24, 2.45) is 7.05 Å². The molecule has 0 spiro atoms. The molecule has 10 nitrogen and oxygen atoms in total. The predicted octanol–water partition coefficient (Wildman–Crippen LogP) is 3.54. The van der Waals surface area contributed by atoms with Crippen LogP contribution in [0.4, 0.5) is 20.7 Å². The molecule has 174 valence electrons. The number of nitrogens with one attached hydrogen (secondary N) is 2. The molecule has 0 saturated heterocycles. The third-order valence-electron chi connectivity index (χ3n) is 5.19. The van der Waals surface area contributed by atoms with Gasteiger partial charge in [0, 0.05) is 7.05 Å². The van der Waals surface area contributed by atoms with Gasteiger partial charge < -0.3 is 4.74 Å². The maximum absolute atomic E-state index is 13.4. The molecule has 1 aliphatic carbocycles. The van der Waals surface area contributed by atoms with Crippen LogP contribution in [0.5, 0.6) is 0 Å². The number of anilines is 2. The van der Waals surface area contributed by atoms with Crippen molar-refractivity contribution in [3.63, 3.8) is 0 Å². The zero-order valence-electron chi connectivity index (χ0n) is 18.2. The van der Waals surface area contributed by atoms with Gasteiger partial charge in [-0.25, -0.2) is 27.3 Å². The number of aromatic nitrogens is 4. The van der Waals surface area contributed by atoms with Crippen molar-refractivity contribution in [1.29, 1.82) is 0 Å². The van der Waals surface area contributed by atoms with E-state index in [2.05, 4.69) is 25.3 Å². The van der Waals surface area contributed by atoms with Gasteiger partial charge in [-0.3, -0.25) is 10.0 Å². The summed E-state index contributed by atoms with van der Waals surface area (Å²) in [4.78, 5) is 16.9. The molecule has 1 aliphatic rings. The third-order valence-corrected chi connectivity index (χ3v) is 7.05. The van der Waals surface area contributed by atoms with Crippen molar-refractivity contribution in [1.82, 2.24) is 20.0 Å². The van der Waals surface area contributed by atoms with Crippen LogP contribution in [0.25, 0.3) is 11.4 Å². The van der Waals surface area contributed by atoms with Crippen molar-refractivity contribution < 1.29 is 22.3 Å². The fourth-order valence-electron chi connectivity index (χ4n) is 3.20. The summed E-state index contributed by atoms with van der Waals surface area (Å²) in [5, 5.41) is 10.2. The molecule has 0 aliphatic heterocycles. The van der Waals surface area contributed by atoms with E-state index in [0.717, 1.165) is 0 Å². The largest absolute Gasteiger partial charge is 0.441 e. The average Bonchev–Trinajstić information content (AvgIpc) is 3.56. The monoisotopic (exact) mass is 474 g/mol. The number of carbonyl (C=O) groups excluding carboxylic acids is 1. The molecule has 1 aromatic carbocycles. The maximum Gasteiger partial charge on any atom is 0.413 e. The van der Waals surface area contributed by atoms with E-state index in [4.69, 9.17) is 4.74 Å². The highest BCUT2D eigenvalue weighted by Gasteiger charge is 2.36. The van der Waals surface area contributed by atoms with Crippen LogP contribution >= 0.6 is 0 Å². The van der Waals surface area contributed by atoms with Gasteiger partial charge in [0.25, 0.3) is 0 Å². The van der Waals surface area contributed by atoms with Crippen LogP contribution in [0, 0.1) is 12.7 Å². The number of hydrogen-bond acceptors (Lipinski definition) is 7. The maximum atomic E-state index is 13.4. The summed E-state index contributed by atoms with van der Waals surface area (Å²) in [6.45, 7) is 3.30. The molecular formula is C21H23FN6O4S. The Hall–Kier alpha value is -3.54. The highest BCUT2D eigenvalue weighted by atomic mass is 32.2. The number of rotatable bonds is 7. The summed E-state index contributed by atoms with van der Waals surface area (Å²) in [6, 6.07) is 8.98. The van der Waals surface area contributed by atoms with Crippen LogP contribution in [0.3, 0.4) is 0 Å². The molecule has 0 bridgehead atoms. The minimum absolute atomic E-state index is 0.240. The molecule has 2 aromatic heterocycles. The molecule has 33 heavy (non-hydrogen) atoms. The normalized spacial score (nSPS) is 14.5. The Labute approximate surface area is 190 Å². The summed E-state index contributed by atoms with van der Waals surface area (Å²) >= 11 is 0. The topological polar surface area (TPSA) is 128 Å². The van der Waals surface area contributed by atoms with Gasteiger partial charge in [-0.05, 0) is 56.5 Å². The Balaban J connectivity index is 1.50. The lowest BCUT2D eigenvalue weighted by atomic mass is 10.1. The summed E-state index contributed by atoms with van der Waals surface area (Å²) in [5.74, 6) is -0.185. The summed E-state index contributed by atoms with van der Waals surface area (Å²) in [6.07, 6.45) is -0.154. The van der Waals surface area contributed by atoms with Gasteiger partial charge in [0.2, 0.25) is 10.0 Å². The first kappa shape index (κ1) is 22.6. The molecule has 12 heteroatoms. The smallest absolute Gasteiger partial charge is 0.413 e. The predicted molar refractivity (Wildman–Crippen MR) is 119 cm³/mol. The van der Waals surface area contributed by atoms with Gasteiger partial charge in [-0.2, -0.15) is 0 Å². The van der Waals surface area contributed by atoms with Crippen LogP contribution < -0.4 is 10.0 Å². The highest BCUT2D eigenvalue weighted by molar-refractivity contribution is 7.93. The van der Waals surface area contributed by atoms with Gasteiger partial charge in [-0.1, -0.05) is 17.3 Å². The van der Waals surface area contributed by atoms with Gasteiger partial charge in [0.15, 0.2) is 11.5 Å². The quantitative estimate of drug-likeness (QED) is 0.536. The van der Waals surface area contributed by atoms with Crippen molar-refractivity contribution in [2.45, 2.75) is 38.0 Å². The molecule has 1 atom stereocenters. The SMILES string of the molecule is Cc1nc(-c2nnn(C)c2NC(=O)O[C@H](C)c2cccc(F)c2)ccc1NS(=O)(=O)C1CC1. The molecule has 2 N–H and O–H groups in total. The Kier molecular flexibility index (Phi) is 6.02. The molecule has 1 saturated carbocycles. The summed E-state index contributed by atoms with van der Waals surface area (Å²) < 4.78 is 47.1. The second-order valence-electron chi connectivity index (χ2n) is 7.81. The molecule has 1 amide bonds. The number of hydrogen-bond donors (Lipinski definition) is 2. The second kappa shape index (κ2) is 8.77. The van der Waals surface area contributed by atoms with E-state index in [9.17, 15) is 17.6 Å². The number of ether oxygens (including phenoxy) is 1. The van der Waals surface area contributed by atoms with Crippen molar-refractivity contribution in [3.8, 4) is 11.4 Å². The first-order chi connectivity index (χ1) is 15.6. The van der Waals surface area contributed by atoms with Gasteiger partial charge in [-0.15, -0.1) is 5.10 Å². The van der Waals surface area contributed by atoms with Crippen LogP contribution in [-0.4, -0.2) is 39.7 Å². The van der Waals surface area contributed by atoms with Crippen LogP contribution in [0.1, 0.15) is 37.1 Å². The zero-order valence-corrected chi connectivity index (χ0v) is 19.1. The van der Waals surface area contributed by atoms with E-state index >= 15 is 0 Å². The number of carbonyl (C=O) groups is 1. The Morgan fingerprint density at radius 3 is 2.70 bits per heavy atom. The first-order valence-corrected chi connectivity index (χ1v) is 11.8. The van der Waals surface area contributed by atoms with E-state index in [1.165, 1.54) is 22.9 Å². The zero-order chi connectivity index (χ0) is 23.8. The third kappa shape index (κ3) is 5.11. The van der Waals surface area contributed by atoms with Crippen molar-refractivity contribution >= 4 is 27.6 Å². The van der Waals surface area contributed by atoms with Gasteiger partial charge in [0.1, 0.15) is 11.9 Å². The van der Waals surface area contributed by atoms with E-state index in [1.54, 1.807) is 39.1 Å². The molecule has 3 aromatic rings. The van der Waals surface area contributed by atoms with Gasteiger partial charge >= 0.3 is 6.09 Å². The highest BCUT2D eigenvalue weighted by Crippen LogP contribution is 2.31. The Bertz CT molecular complexity index is 1310. The molecular weight excluding hydrogens is 451 g/mol. The number of pyridine rings is 1. The van der Waals surface area contributed by atoms with E-state index in [-0.39, 0.29) is 16.8 Å². The van der Waals surface area contributed by atoms with Crippen molar-refractivity contribution in [2.75, 3.05) is 10.0 Å². The number of halogens is 1. The number of benzene rings is 1. The van der Waals surface area contributed by atoms with Crippen LogP contribution in [-0.2, 0) is 21.8 Å². The van der Waals surface area contributed by atoms with E-state index in [1.807, 2.05) is 0 Å². The first-order valence-electron chi connectivity index (χ1n) is 10.3. The van der Waals surface area contributed by atoms with Crippen molar-refractivity contribution in [3.05, 3.63) is 53.5 Å². The van der Waals surface area contributed by atoms with Crippen LogP contribution in [0.2, 0.25) is 0 Å². The Morgan fingerprint density at radius 1 is 1.27 bits per heavy atom. The molecule has 2 heterocycles. The van der Waals surface area contributed by atoms with Crippen LogP contribution in [0.15, 0.2) is 36.4 Å². The average molecular weight is 475 g/mol. The fraction of sp³-hybridized carbons (Fsp3) is 0.333. The fourth-order valence-corrected chi connectivity index (χ4v) is 4.65. The molecule has 0 radical (unpaired) electrons. The number of aryl methyl sites for hydroxylation is 2. The number of amides is 1. The minimum Gasteiger partial charge on any atom is -0.441 e. The Morgan fingerprint density at radius 2 is 2.03 bits per heavy atom. The lowest BCUT2D eigenvalue weighted by molar-refractivity contribution is 0.121. The number of nitrogens with zero attached hydrogens (tertiary/aromatic N) is 4. The van der Waals surface area contributed by atoms with Gasteiger partial charge in [0.05, 0.1) is 22.3 Å². The summed E-state index contributed by atoms with van der Waals surface area (Å²) in [7, 11) is -1.83. The molecule has 1 fully saturated rings. The lowest BCUT2D eigenvalue weighted by Gasteiger charge is -2.15. The standard InChI is InChI=1S/C21H23FN6O4S/c1-12-17(26-33(30,31)16-7-8-16)9-10-18(23-12)19-20(28(3)27-25-19)24-21(29)32-13(2)14-5-4-6-15(22)11-14/h4-6,9-11,13,16,26H,7-8H2,1-3H3,(H,24,29)/t13-/m1/s1.